The Morgan fingerprint density at radius 1 is 1.32 bits per heavy atom. The third-order valence-electron chi connectivity index (χ3n) is 3.81. The third-order valence-corrected chi connectivity index (χ3v) is 4.67. The molecule has 1 aliphatic heterocycles. The number of carbonyl (C=O) groups excluding carboxylic acids is 1. The van der Waals surface area contributed by atoms with E-state index >= 15 is 0 Å². The van der Waals surface area contributed by atoms with Gasteiger partial charge in [-0.15, -0.1) is 11.3 Å². The molecule has 1 aromatic carbocycles. The van der Waals surface area contributed by atoms with Gasteiger partial charge >= 0.3 is 0 Å². The molecule has 126 valence electrons. The molecule has 0 saturated heterocycles. The summed E-state index contributed by atoms with van der Waals surface area (Å²) in [4.78, 5) is 27.0. The van der Waals surface area contributed by atoms with Crippen LogP contribution in [0.25, 0.3) is 10.7 Å². The molecule has 0 fully saturated rings. The van der Waals surface area contributed by atoms with E-state index in [4.69, 9.17) is 4.74 Å². The molecule has 1 aliphatic rings. The Balaban J connectivity index is 1.58. The Morgan fingerprint density at radius 2 is 2.24 bits per heavy atom. The van der Waals surface area contributed by atoms with Crippen molar-refractivity contribution in [2.24, 2.45) is 0 Å². The maximum atomic E-state index is 13.8. The quantitative estimate of drug-likeness (QED) is 0.706. The van der Waals surface area contributed by atoms with Crippen molar-refractivity contribution in [3.05, 3.63) is 59.2 Å². The summed E-state index contributed by atoms with van der Waals surface area (Å²) in [6.07, 6.45) is 4.76. The molecule has 3 heterocycles. The molecule has 4 rings (SSSR count). The molecule has 0 spiro atoms. The first-order valence-corrected chi connectivity index (χ1v) is 8.52. The molecule has 0 atom stereocenters. The fourth-order valence-electron chi connectivity index (χ4n) is 2.62. The highest BCUT2D eigenvalue weighted by molar-refractivity contribution is 7.13. The standard InChI is InChI=1S/C17H13FN4O2S/c18-12-3-1-2-11-9-22(6-7-24-15(11)12)17(23)14-10-25-16(21-14)13-8-19-4-5-20-13/h1-5,8,10H,6-7,9H2. The van der Waals surface area contributed by atoms with Gasteiger partial charge in [0.2, 0.25) is 0 Å². The van der Waals surface area contributed by atoms with Crippen molar-refractivity contribution >= 4 is 17.2 Å². The van der Waals surface area contributed by atoms with Gasteiger partial charge < -0.3 is 9.64 Å². The van der Waals surface area contributed by atoms with Gasteiger partial charge in [-0.2, -0.15) is 0 Å². The number of para-hydroxylation sites is 1. The summed E-state index contributed by atoms with van der Waals surface area (Å²) in [7, 11) is 0. The minimum Gasteiger partial charge on any atom is -0.488 e. The van der Waals surface area contributed by atoms with Crippen molar-refractivity contribution in [3.8, 4) is 16.5 Å². The molecule has 8 heteroatoms. The first-order chi connectivity index (χ1) is 12.2. The highest BCUT2D eigenvalue weighted by atomic mass is 32.1. The normalized spacial score (nSPS) is 13.7. The molecule has 0 radical (unpaired) electrons. The smallest absolute Gasteiger partial charge is 0.273 e. The molecule has 6 nitrogen and oxygen atoms in total. The maximum absolute atomic E-state index is 13.8. The number of nitrogens with zero attached hydrogens (tertiary/aromatic N) is 4. The van der Waals surface area contributed by atoms with Crippen molar-refractivity contribution in [3.63, 3.8) is 0 Å². The molecule has 0 aliphatic carbocycles. The van der Waals surface area contributed by atoms with Crippen molar-refractivity contribution in [2.75, 3.05) is 13.2 Å². The Kier molecular flexibility index (Phi) is 4.10. The van der Waals surface area contributed by atoms with E-state index in [1.54, 1.807) is 41.0 Å². The lowest BCUT2D eigenvalue weighted by molar-refractivity contribution is 0.0728. The van der Waals surface area contributed by atoms with E-state index < -0.39 is 5.82 Å². The fourth-order valence-corrected chi connectivity index (χ4v) is 3.37. The van der Waals surface area contributed by atoms with Crippen LogP contribution in [0.15, 0.2) is 42.2 Å². The van der Waals surface area contributed by atoms with Crippen LogP contribution < -0.4 is 4.74 Å². The highest BCUT2D eigenvalue weighted by Gasteiger charge is 2.24. The summed E-state index contributed by atoms with van der Waals surface area (Å²) < 4.78 is 19.3. The van der Waals surface area contributed by atoms with Crippen LogP contribution in [-0.2, 0) is 6.54 Å². The Bertz CT molecular complexity index is 916. The number of amides is 1. The molecule has 1 amide bonds. The summed E-state index contributed by atoms with van der Waals surface area (Å²) in [5, 5.41) is 2.33. The first-order valence-electron chi connectivity index (χ1n) is 7.64. The van der Waals surface area contributed by atoms with Crippen molar-refractivity contribution in [1.82, 2.24) is 19.9 Å². The lowest BCUT2D eigenvalue weighted by Crippen LogP contribution is -2.32. The Morgan fingerprint density at radius 3 is 3.08 bits per heavy atom. The van der Waals surface area contributed by atoms with Gasteiger partial charge in [0.15, 0.2) is 11.6 Å². The molecule has 0 saturated carbocycles. The number of ether oxygens (including phenoxy) is 1. The molecular formula is C17H13FN4O2S. The largest absolute Gasteiger partial charge is 0.488 e. The number of benzene rings is 1. The van der Waals surface area contributed by atoms with Crippen molar-refractivity contribution in [1.29, 1.82) is 0 Å². The average molecular weight is 356 g/mol. The van der Waals surface area contributed by atoms with E-state index in [1.165, 1.54) is 17.4 Å². The minimum absolute atomic E-state index is 0.216. The van der Waals surface area contributed by atoms with Crippen LogP contribution in [0.1, 0.15) is 16.1 Å². The number of carbonyl (C=O) groups is 1. The number of halogens is 1. The lowest BCUT2D eigenvalue weighted by atomic mass is 10.2. The van der Waals surface area contributed by atoms with Crippen LogP contribution in [0.3, 0.4) is 0 Å². The highest BCUT2D eigenvalue weighted by Crippen LogP contribution is 2.27. The zero-order valence-electron chi connectivity index (χ0n) is 13.1. The monoisotopic (exact) mass is 356 g/mol. The van der Waals surface area contributed by atoms with Gasteiger partial charge in [0.1, 0.15) is 23.0 Å². The van der Waals surface area contributed by atoms with Crippen molar-refractivity contribution < 1.29 is 13.9 Å². The third kappa shape index (κ3) is 3.08. The summed E-state index contributed by atoms with van der Waals surface area (Å²) in [5.74, 6) is -0.408. The lowest BCUT2D eigenvalue weighted by Gasteiger charge is -2.18. The number of fused-ring (bicyclic) bond motifs is 1. The van der Waals surface area contributed by atoms with Crippen LogP contribution >= 0.6 is 11.3 Å². The van der Waals surface area contributed by atoms with Crippen LogP contribution in [0.4, 0.5) is 4.39 Å². The zero-order chi connectivity index (χ0) is 17.2. The number of hydrogen-bond acceptors (Lipinski definition) is 6. The van der Waals surface area contributed by atoms with Gasteiger partial charge in [0, 0.05) is 29.9 Å². The maximum Gasteiger partial charge on any atom is 0.273 e. The number of rotatable bonds is 2. The fraction of sp³-hybridized carbons (Fsp3) is 0.176. The van der Waals surface area contributed by atoms with Crippen LogP contribution in [-0.4, -0.2) is 38.9 Å². The molecular weight excluding hydrogens is 343 g/mol. The van der Waals surface area contributed by atoms with Gasteiger partial charge in [-0.25, -0.2) is 9.37 Å². The number of thiazole rings is 1. The van der Waals surface area contributed by atoms with E-state index in [-0.39, 0.29) is 24.8 Å². The predicted molar refractivity (Wildman–Crippen MR) is 89.8 cm³/mol. The second-order valence-corrected chi connectivity index (χ2v) is 6.29. The number of hydrogen-bond donors (Lipinski definition) is 0. The summed E-state index contributed by atoms with van der Waals surface area (Å²) in [6.45, 7) is 0.885. The average Bonchev–Trinajstić information content (AvgIpc) is 3.03. The molecule has 0 N–H and O–H groups in total. The predicted octanol–water partition coefficient (Wildman–Crippen LogP) is 2.77. The second kappa shape index (κ2) is 6.56. The van der Waals surface area contributed by atoms with E-state index in [2.05, 4.69) is 15.0 Å². The Hall–Kier alpha value is -2.87. The van der Waals surface area contributed by atoms with Gasteiger partial charge in [-0.3, -0.25) is 14.8 Å². The number of aromatic nitrogens is 3. The van der Waals surface area contributed by atoms with E-state index in [0.29, 0.717) is 28.5 Å². The van der Waals surface area contributed by atoms with Gasteiger partial charge in [0.05, 0.1) is 12.7 Å². The van der Waals surface area contributed by atoms with Crippen LogP contribution in [0, 0.1) is 5.82 Å². The van der Waals surface area contributed by atoms with E-state index in [0.717, 1.165) is 0 Å². The molecule has 0 unspecified atom stereocenters. The summed E-state index contributed by atoms with van der Waals surface area (Å²) in [5.41, 5.74) is 1.61. The first kappa shape index (κ1) is 15.6. The topological polar surface area (TPSA) is 68.2 Å². The van der Waals surface area contributed by atoms with E-state index in [1.807, 2.05) is 0 Å². The van der Waals surface area contributed by atoms with Gasteiger partial charge in [0.25, 0.3) is 5.91 Å². The van der Waals surface area contributed by atoms with Crippen LogP contribution in [0.2, 0.25) is 0 Å². The van der Waals surface area contributed by atoms with Gasteiger partial charge in [-0.05, 0) is 6.07 Å². The second-order valence-electron chi connectivity index (χ2n) is 5.43. The molecule has 0 bridgehead atoms. The van der Waals surface area contributed by atoms with E-state index in [9.17, 15) is 9.18 Å². The van der Waals surface area contributed by atoms with Gasteiger partial charge in [-0.1, -0.05) is 12.1 Å². The Labute approximate surface area is 146 Å². The minimum atomic E-state index is -0.412. The van der Waals surface area contributed by atoms with Crippen molar-refractivity contribution in [2.45, 2.75) is 6.54 Å². The molecule has 25 heavy (non-hydrogen) atoms. The SMILES string of the molecule is O=C(c1csc(-c2cnccn2)n1)N1CCOc2c(F)cccc2C1. The summed E-state index contributed by atoms with van der Waals surface area (Å²) >= 11 is 1.34. The molecule has 3 aromatic rings. The zero-order valence-corrected chi connectivity index (χ0v) is 13.9. The molecule has 2 aromatic heterocycles. The van der Waals surface area contributed by atoms with Crippen LogP contribution in [0.5, 0.6) is 5.75 Å². The summed E-state index contributed by atoms with van der Waals surface area (Å²) in [6, 6.07) is 4.72.